The van der Waals surface area contributed by atoms with E-state index in [0.29, 0.717) is 12.1 Å². The predicted molar refractivity (Wildman–Crippen MR) is 51.7 cm³/mol. The quantitative estimate of drug-likeness (QED) is 0.645. The van der Waals surface area contributed by atoms with Crippen LogP contribution >= 0.6 is 0 Å². The van der Waals surface area contributed by atoms with Gasteiger partial charge in [-0.1, -0.05) is 13.8 Å². The van der Waals surface area contributed by atoms with Crippen LogP contribution in [0.1, 0.15) is 45.8 Å². The zero-order valence-corrected chi connectivity index (χ0v) is 9.07. The van der Waals surface area contributed by atoms with E-state index in [1.807, 2.05) is 0 Å². The number of hydrogen-bond donors (Lipinski definition) is 0. The van der Waals surface area contributed by atoms with Gasteiger partial charge in [0.25, 0.3) is 0 Å². The minimum atomic E-state index is -1.42. The third kappa shape index (κ3) is 2.03. The van der Waals surface area contributed by atoms with Gasteiger partial charge in [0.05, 0.1) is 11.9 Å². The second-order valence-electron chi connectivity index (χ2n) is 3.25. The Bertz CT molecular complexity index is 440. The molecule has 0 aromatic carbocycles. The predicted octanol–water partition coefficient (Wildman–Crippen LogP) is -1.07. The third-order valence-electron chi connectivity index (χ3n) is 2.38. The number of aromatic carboxylic acids is 2. The number of rotatable bonds is 4. The van der Waals surface area contributed by atoms with Crippen molar-refractivity contribution in [2.24, 2.45) is 0 Å². The molecule has 0 saturated heterocycles. The molecule has 0 fully saturated rings. The summed E-state index contributed by atoms with van der Waals surface area (Å²) in [5.41, 5.74) is 0.249. The zero-order chi connectivity index (χ0) is 12.3. The van der Waals surface area contributed by atoms with Crippen molar-refractivity contribution < 1.29 is 19.8 Å². The van der Waals surface area contributed by atoms with Gasteiger partial charge in [0, 0.05) is 23.0 Å². The summed E-state index contributed by atoms with van der Waals surface area (Å²) < 4.78 is 0. The Hall–Kier alpha value is -1.91. The molecular formula is C11H11NO4-2. The van der Waals surface area contributed by atoms with Gasteiger partial charge in [0.1, 0.15) is 0 Å². The highest BCUT2D eigenvalue weighted by Crippen LogP contribution is 2.17. The normalized spacial score (nSPS) is 10.1. The summed E-state index contributed by atoms with van der Waals surface area (Å²) in [6, 6.07) is 0. The summed E-state index contributed by atoms with van der Waals surface area (Å²) in [4.78, 5) is 25.6. The monoisotopic (exact) mass is 221 g/mol. The number of pyridine rings is 1. The standard InChI is InChI=1S/C11H13NO4/c1-3-6-7(10(13)14)5-12-8(4-2)9(6)11(15)16/h5H,3-4H2,1-2H3,(H,13,14)(H,15,16)/p-2. The van der Waals surface area contributed by atoms with Crippen molar-refractivity contribution in [2.45, 2.75) is 26.7 Å². The largest absolute Gasteiger partial charge is 0.545 e. The fourth-order valence-electron chi connectivity index (χ4n) is 1.65. The van der Waals surface area contributed by atoms with E-state index in [9.17, 15) is 19.8 Å². The maximum atomic E-state index is 11.0. The van der Waals surface area contributed by atoms with E-state index in [2.05, 4.69) is 4.98 Å². The number of carboxylic acid groups (broad SMARTS) is 2. The second-order valence-corrected chi connectivity index (χ2v) is 3.25. The Morgan fingerprint density at radius 1 is 1.19 bits per heavy atom. The average Bonchev–Trinajstić information content (AvgIpc) is 2.26. The molecule has 0 aliphatic carbocycles. The first-order valence-corrected chi connectivity index (χ1v) is 4.96. The van der Waals surface area contributed by atoms with Crippen molar-refractivity contribution in [3.05, 3.63) is 28.6 Å². The molecular weight excluding hydrogens is 210 g/mol. The highest BCUT2D eigenvalue weighted by Gasteiger charge is 2.13. The van der Waals surface area contributed by atoms with E-state index in [4.69, 9.17) is 0 Å². The summed E-state index contributed by atoms with van der Waals surface area (Å²) >= 11 is 0. The van der Waals surface area contributed by atoms with Crippen LogP contribution in [0.2, 0.25) is 0 Å². The maximum Gasteiger partial charge on any atom is 0.0736 e. The van der Waals surface area contributed by atoms with Gasteiger partial charge in [-0.15, -0.1) is 0 Å². The first-order valence-electron chi connectivity index (χ1n) is 4.96. The molecule has 1 heterocycles. The van der Waals surface area contributed by atoms with Crippen molar-refractivity contribution in [1.29, 1.82) is 0 Å². The molecule has 0 unspecified atom stereocenters. The minimum Gasteiger partial charge on any atom is -0.545 e. The number of carbonyl (C=O) groups excluding carboxylic acids is 2. The lowest BCUT2D eigenvalue weighted by Crippen LogP contribution is -2.30. The average molecular weight is 221 g/mol. The Morgan fingerprint density at radius 3 is 2.19 bits per heavy atom. The molecule has 0 atom stereocenters. The first kappa shape index (κ1) is 12.2. The summed E-state index contributed by atoms with van der Waals surface area (Å²) in [7, 11) is 0. The lowest BCUT2D eigenvalue weighted by Gasteiger charge is -2.17. The fraction of sp³-hybridized carbons (Fsp3) is 0.364. The summed E-state index contributed by atoms with van der Waals surface area (Å²) in [5, 5.41) is 21.8. The van der Waals surface area contributed by atoms with Gasteiger partial charge in [-0.3, -0.25) is 4.98 Å². The Morgan fingerprint density at radius 2 is 1.81 bits per heavy atom. The molecule has 0 saturated carbocycles. The van der Waals surface area contributed by atoms with Crippen LogP contribution in [-0.2, 0) is 12.8 Å². The Balaban J connectivity index is 3.56. The Kier molecular flexibility index (Phi) is 3.60. The Labute approximate surface area is 92.8 Å². The van der Waals surface area contributed by atoms with Crippen LogP contribution < -0.4 is 10.2 Å². The molecule has 1 aromatic rings. The second kappa shape index (κ2) is 4.74. The number of carbonyl (C=O) groups is 2. The van der Waals surface area contributed by atoms with Crippen LogP contribution in [0.3, 0.4) is 0 Å². The smallest absolute Gasteiger partial charge is 0.0736 e. The summed E-state index contributed by atoms with van der Waals surface area (Å²) in [6.07, 6.45) is 1.82. The van der Waals surface area contributed by atoms with Crippen molar-refractivity contribution in [3.63, 3.8) is 0 Å². The van der Waals surface area contributed by atoms with Crippen molar-refractivity contribution >= 4 is 11.9 Å². The summed E-state index contributed by atoms with van der Waals surface area (Å²) in [6.45, 7) is 3.42. The number of hydrogen-bond acceptors (Lipinski definition) is 5. The van der Waals surface area contributed by atoms with E-state index < -0.39 is 11.9 Å². The van der Waals surface area contributed by atoms with Gasteiger partial charge in [0.2, 0.25) is 0 Å². The van der Waals surface area contributed by atoms with Crippen molar-refractivity contribution in [1.82, 2.24) is 4.98 Å². The molecule has 0 bridgehead atoms. The lowest BCUT2D eigenvalue weighted by molar-refractivity contribution is -0.255. The van der Waals surface area contributed by atoms with Gasteiger partial charge in [-0.05, 0) is 18.4 Å². The highest BCUT2D eigenvalue weighted by molar-refractivity contribution is 5.95. The highest BCUT2D eigenvalue weighted by atomic mass is 16.4. The number of nitrogens with zero attached hydrogens (tertiary/aromatic N) is 1. The van der Waals surface area contributed by atoms with Crippen LogP contribution in [-0.4, -0.2) is 16.9 Å². The molecule has 0 N–H and O–H groups in total. The number of carboxylic acids is 2. The molecule has 0 radical (unpaired) electrons. The van der Waals surface area contributed by atoms with E-state index in [0.717, 1.165) is 6.20 Å². The van der Waals surface area contributed by atoms with Gasteiger partial charge in [-0.25, -0.2) is 0 Å². The van der Waals surface area contributed by atoms with Crippen molar-refractivity contribution in [3.8, 4) is 0 Å². The molecule has 5 nitrogen and oxygen atoms in total. The zero-order valence-electron chi connectivity index (χ0n) is 9.07. The first-order chi connectivity index (χ1) is 7.52. The maximum absolute atomic E-state index is 11.0. The summed E-state index contributed by atoms with van der Waals surface area (Å²) in [5.74, 6) is -2.82. The van der Waals surface area contributed by atoms with E-state index in [1.54, 1.807) is 13.8 Å². The third-order valence-corrected chi connectivity index (χ3v) is 2.38. The van der Waals surface area contributed by atoms with Gasteiger partial charge in [-0.2, -0.15) is 0 Å². The van der Waals surface area contributed by atoms with Crippen LogP contribution in [0.25, 0.3) is 0 Å². The van der Waals surface area contributed by atoms with Crippen LogP contribution in [0.4, 0.5) is 0 Å². The fourth-order valence-corrected chi connectivity index (χ4v) is 1.65. The molecule has 0 aliphatic rings. The molecule has 5 heteroatoms. The van der Waals surface area contributed by atoms with E-state index >= 15 is 0 Å². The SMILES string of the molecule is CCc1ncc(C(=O)[O-])c(CC)c1C(=O)[O-]. The van der Waals surface area contributed by atoms with Crippen LogP contribution in [0.5, 0.6) is 0 Å². The van der Waals surface area contributed by atoms with Crippen molar-refractivity contribution in [2.75, 3.05) is 0 Å². The molecule has 1 aromatic heterocycles. The van der Waals surface area contributed by atoms with E-state index in [-0.39, 0.29) is 23.1 Å². The molecule has 86 valence electrons. The van der Waals surface area contributed by atoms with Gasteiger partial charge >= 0.3 is 0 Å². The topological polar surface area (TPSA) is 93.2 Å². The molecule has 16 heavy (non-hydrogen) atoms. The van der Waals surface area contributed by atoms with Gasteiger partial charge < -0.3 is 19.8 Å². The van der Waals surface area contributed by atoms with Crippen LogP contribution in [0.15, 0.2) is 6.20 Å². The number of aryl methyl sites for hydroxylation is 1. The molecule has 1 rings (SSSR count). The van der Waals surface area contributed by atoms with Gasteiger partial charge in [0.15, 0.2) is 0 Å². The molecule has 0 aliphatic heterocycles. The van der Waals surface area contributed by atoms with Crippen LogP contribution in [0, 0.1) is 0 Å². The molecule has 0 amide bonds. The van der Waals surface area contributed by atoms with E-state index in [1.165, 1.54) is 0 Å². The lowest BCUT2D eigenvalue weighted by atomic mass is 9.98. The minimum absolute atomic E-state index is 0.119. The molecule has 0 spiro atoms. The number of aromatic nitrogens is 1.